The number of nitrogens with zero attached hydrogens (tertiary/aromatic N) is 4. The lowest BCUT2D eigenvalue weighted by Crippen LogP contribution is -1.97. The molecule has 4 nitrogen and oxygen atoms in total. The zero-order valence-corrected chi connectivity index (χ0v) is 29.9. The topological polar surface area (TPSA) is 35.6 Å². The summed E-state index contributed by atoms with van der Waals surface area (Å²) in [4.78, 5) is 9.82. The van der Waals surface area contributed by atoms with Crippen molar-refractivity contribution >= 4 is 43.6 Å². The Balaban J connectivity index is 1.07. The first-order valence-corrected chi connectivity index (χ1v) is 18.2. The number of hydrogen-bond acceptors (Lipinski definition) is 2. The molecule has 0 aliphatic carbocycles. The number of benzene rings is 6. The van der Waals surface area contributed by atoms with Gasteiger partial charge in [-0.3, -0.25) is 9.97 Å². The van der Waals surface area contributed by atoms with Gasteiger partial charge in [0, 0.05) is 62.1 Å². The third kappa shape index (κ3) is 5.06. The maximum absolute atomic E-state index is 5.05. The first-order valence-electron chi connectivity index (χ1n) is 18.2. The average molecular weight is 681 g/mol. The Labute approximate surface area is 308 Å². The van der Waals surface area contributed by atoms with Crippen LogP contribution in [0.3, 0.4) is 0 Å². The zero-order valence-electron chi connectivity index (χ0n) is 29.9. The quantitative estimate of drug-likeness (QED) is 0.181. The van der Waals surface area contributed by atoms with E-state index in [0.29, 0.717) is 0 Å². The molecule has 10 aromatic rings. The van der Waals surface area contributed by atoms with Crippen LogP contribution < -0.4 is 0 Å². The Morgan fingerprint density at radius 3 is 1.32 bits per heavy atom. The standard InChI is InChI=1S/C49H36N4/c1-31-20-22-37(52-46-16-8-4-12-39(46)40-13-5-9-17-47(40)52)27-43(31)34-24-33(3)51-45(26-34)36-25-35(29-50-30-36)44-28-38(23-21-32(44)2)53-48-18-10-6-14-41(48)42-15-7-11-19-49(42)53/h4-30H,1-3H3. The predicted octanol–water partition coefficient (Wildman–Crippen LogP) is 12.6. The number of hydrogen-bond donors (Lipinski definition) is 0. The van der Waals surface area contributed by atoms with Crippen LogP contribution in [0.25, 0.3) is 88.5 Å². The Morgan fingerprint density at radius 1 is 0.396 bits per heavy atom. The molecule has 0 fully saturated rings. The van der Waals surface area contributed by atoms with Gasteiger partial charge in [-0.05, 0) is 115 Å². The molecule has 0 N–H and O–H groups in total. The largest absolute Gasteiger partial charge is 0.309 e. The molecule has 0 aliphatic rings. The second-order valence-corrected chi connectivity index (χ2v) is 14.1. The van der Waals surface area contributed by atoms with Crippen LogP contribution in [0.5, 0.6) is 0 Å². The van der Waals surface area contributed by atoms with Crippen molar-refractivity contribution in [3.8, 4) is 44.9 Å². The number of para-hydroxylation sites is 4. The molecule has 252 valence electrons. The van der Waals surface area contributed by atoms with Crippen LogP contribution >= 0.6 is 0 Å². The van der Waals surface area contributed by atoms with Gasteiger partial charge in [-0.1, -0.05) is 84.9 Å². The third-order valence-electron chi connectivity index (χ3n) is 10.7. The first kappa shape index (κ1) is 31.0. The summed E-state index contributed by atoms with van der Waals surface area (Å²) < 4.78 is 4.75. The van der Waals surface area contributed by atoms with Crippen molar-refractivity contribution in [3.05, 3.63) is 181 Å². The minimum Gasteiger partial charge on any atom is -0.309 e. The molecule has 4 heteroatoms. The highest BCUT2D eigenvalue weighted by Crippen LogP contribution is 2.37. The van der Waals surface area contributed by atoms with Gasteiger partial charge in [0.2, 0.25) is 0 Å². The van der Waals surface area contributed by atoms with Crippen LogP contribution in [-0.4, -0.2) is 19.1 Å². The summed E-state index contributed by atoms with van der Waals surface area (Å²) in [6, 6.07) is 54.8. The van der Waals surface area contributed by atoms with Gasteiger partial charge >= 0.3 is 0 Å². The van der Waals surface area contributed by atoms with E-state index in [4.69, 9.17) is 9.97 Å². The highest BCUT2D eigenvalue weighted by molar-refractivity contribution is 6.10. The van der Waals surface area contributed by atoms with Crippen molar-refractivity contribution in [2.24, 2.45) is 0 Å². The summed E-state index contributed by atoms with van der Waals surface area (Å²) in [7, 11) is 0. The fourth-order valence-corrected chi connectivity index (χ4v) is 8.22. The molecule has 0 bridgehead atoms. The van der Waals surface area contributed by atoms with Crippen molar-refractivity contribution in [2.45, 2.75) is 20.8 Å². The normalized spacial score (nSPS) is 11.7. The Hall–Kier alpha value is -6.78. The van der Waals surface area contributed by atoms with Gasteiger partial charge in [0.05, 0.1) is 27.8 Å². The Morgan fingerprint density at radius 2 is 0.830 bits per heavy atom. The van der Waals surface area contributed by atoms with E-state index in [1.807, 2.05) is 12.4 Å². The van der Waals surface area contributed by atoms with Crippen molar-refractivity contribution < 1.29 is 0 Å². The van der Waals surface area contributed by atoms with E-state index >= 15 is 0 Å². The van der Waals surface area contributed by atoms with Gasteiger partial charge in [0.15, 0.2) is 0 Å². The van der Waals surface area contributed by atoms with E-state index in [2.05, 4.69) is 182 Å². The Bertz CT molecular complexity index is 2940. The van der Waals surface area contributed by atoms with Gasteiger partial charge in [0.25, 0.3) is 0 Å². The second kappa shape index (κ2) is 12.2. The molecule has 4 aromatic heterocycles. The summed E-state index contributed by atoms with van der Waals surface area (Å²) in [6.07, 6.45) is 3.90. The van der Waals surface area contributed by atoms with Crippen molar-refractivity contribution in [1.82, 2.24) is 19.1 Å². The van der Waals surface area contributed by atoms with Gasteiger partial charge in [-0.25, -0.2) is 0 Å². The van der Waals surface area contributed by atoms with E-state index in [-0.39, 0.29) is 0 Å². The summed E-state index contributed by atoms with van der Waals surface area (Å²) in [5.74, 6) is 0. The van der Waals surface area contributed by atoms with E-state index in [1.165, 1.54) is 60.3 Å². The molecule has 0 atom stereocenters. The molecule has 10 rings (SSSR count). The van der Waals surface area contributed by atoms with Crippen molar-refractivity contribution in [2.75, 3.05) is 0 Å². The molecule has 0 saturated carbocycles. The van der Waals surface area contributed by atoms with E-state index < -0.39 is 0 Å². The molecule has 0 aliphatic heterocycles. The Kier molecular flexibility index (Phi) is 7.12. The minimum absolute atomic E-state index is 0.909. The van der Waals surface area contributed by atoms with E-state index in [1.54, 1.807) is 0 Å². The summed E-state index contributed by atoms with van der Waals surface area (Å²) >= 11 is 0. The summed E-state index contributed by atoms with van der Waals surface area (Å²) in [5.41, 5.74) is 16.9. The monoisotopic (exact) mass is 680 g/mol. The first-order chi connectivity index (χ1) is 26.0. The number of rotatable bonds is 5. The molecular weight excluding hydrogens is 645 g/mol. The van der Waals surface area contributed by atoms with Crippen molar-refractivity contribution in [3.63, 3.8) is 0 Å². The smallest absolute Gasteiger partial charge is 0.0727 e. The van der Waals surface area contributed by atoms with Crippen molar-refractivity contribution in [1.29, 1.82) is 0 Å². The fraction of sp³-hybridized carbons (Fsp3) is 0.0612. The van der Waals surface area contributed by atoms with Gasteiger partial charge < -0.3 is 9.13 Å². The molecule has 0 radical (unpaired) electrons. The van der Waals surface area contributed by atoms with Crippen LogP contribution in [0, 0.1) is 20.8 Å². The fourth-order valence-electron chi connectivity index (χ4n) is 8.22. The number of aromatic nitrogens is 4. The highest BCUT2D eigenvalue weighted by Gasteiger charge is 2.16. The number of aryl methyl sites for hydroxylation is 3. The lowest BCUT2D eigenvalue weighted by atomic mass is 9.96. The molecule has 6 aromatic carbocycles. The summed E-state index contributed by atoms with van der Waals surface area (Å²) in [6.45, 7) is 6.44. The minimum atomic E-state index is 0.909. The van der Waals surface area contributed by atoms with Crippen LogP contribution in [0.15, 0.2) is 164 Å². The third-order valence-corrected chi connectivity index (χ3v) is 10.7. The zero-order chi connectivity index (χ0) is 35.6. The lowest BCUT2D eigenvalue weighted by Gasteiger charge is -2.15. The van der Waals surface area contributed by atoms with Crippen LogP contribution in [0.4, 0.5) is 0 Å². The van der Waals surface area contributed by atoms with Crippen LogP contribution in [0.1, 0.15) is 16.8 Å². The maximum atomic E-state index is 5.05. The molecule has 0 spiro atoms. The number of fused-ring (bicyclic) bond motifs is 6. The van der Waals surface area contributed by atoms with Gasteiger partial charge in [-0.15, -0.1) is 0 Å². The van der Waals surface area contributed by atoms with Gasteiger partial charge in [0.1, 0.15) is 0 Å². The van der Waals surface area contributed by atoms with E-state index in [0.717, 1.165) is 45.0 Å². The van der Waals surface area contributed by atoms with Crippen LogP contribution in [-0.2, 0) is 0 Å². The molecule has 0 unspecified atom stereocenters. The number of pyridine rings is 2. The highest BCUT2D eigenvalue weighted by atomic mass is 15.0. The average Bonchev–Trinajstić information content (AvgIpc) is 3.71. The molecule has 53 heavy (non-hydrogen) atoms. The molecule has 0 amide bonds. The lowest BCUT2D eigenvalue weighted by molar-refractivity contribution is 1.17. The maximum Gasteiger partial charge on any atom is 0.0727 e. The molecule has 0 saturated heterocycles. The summed E-state index contributed by atoms with van der Waals surface area (Å²) in [5, 5.41) is 5.03. The van der Waals surface area contributed by atoms with Gasteiger partial charge in [-0.2, -0.15) is 0 Å². The van der Waals surface area contributed by atoms with E-state index in [9.17, 15) is 0 Å². The van der Waals surface area contributed by atoms with Crippen LogP contribution in [0.2, 0.25) is 0 Å². The molecular formula is C49H36N4. The predicted molar refractivity (Wildman–Crippen MR) is 221 cm³/mol. The molecule has 4 heterocycles. The SMILES string of the molecule is Cc1cc(-c2cc(-n3c4ccccc4c4ccccc43)ccc2C)cc(-c2cncc(-c3cc(-n4c5ccccc5c5ccccc54)ccc3C)c2)n1. The second-order valence-electron chi connectivity index (χ2n) is 14.1.